The van der Waals surface area contributed by atoms with Gasteiger partial charge in [0.15, 0.2) is 0 Å². The highest BCUT2D eigenvalue weighted by Gasteiger charge is 2.22. The van der Waals surface area contributed by atoms with Gasteiger partial charge in [0.25, 0.3) is 0 Å². The van der Waals surface area contributed by atoms with Crippen LogP contribution in [0.4, 0.5) is 0 Å². The minimum Gasteiger partial charge on any atom is -0.352 e. The topological polar surface area (TPSA) is 32.3 Å². The highest BCUT2D eigenvalue weighted by atomic mass is 35.5. The second-order valence-electron chi connectivity index (χ2n) is 3.80. The molecule has 1 N–H and O–H groups in total. The molecular weight excluding hydrogens is 200 g/mol. The first-order valence-electron chi connectivity index (χ1n) is 4.84. The van der Waals surface area contributed by atoms with Gasteiger partial charge in [-0.1, -0.05) is 6.58 Å². The fraction of sp³-hybridized carbons (Fsp3) is 0.700. The molecule has 1 unspecified atom stereocenters. The Kier molecular flexibility index (Phi) is 4.42. The summed E-state index contributed by atoms with van der Waals surface area (Å²) in [5, 5.41) is 2.92. The Morgan fingerprint density at radius 1 is 1.71 bits per heavy atom. The second-order valence-corrected chi connectivity index (χ2v) is 4.07. The van der Waals surface area contributed by atoms with Gasteiger partial charge in [0, 0.05) is 38.5 Å². The van der Waals surface area contributed by atoms with Gasteiger partial charge in [-0.25, -0.2) is 0 Å². The van der Waals surface area contributed by atoms with Crippen molar-refractivity contribution < 1.29 is 4.79 Å². The van der Waals surface area contributed by atoms with E-state index in [9.17, 15) is 4.79 Å². The van der Waals surface area contributed by atoms with E-state index in [0.29, 0.717) is 11.9 Å². The van der Waals surface area contributed by atoms with E-state index in [1.807, 2.05) is 0 Å². The van der Waals surface area contributed by atoms with Gasteiger partial charge in [0.05, 0.1) is 0 Å². The van der Waals surface area contributed by atoms with Crippen molar-refractivity contribution in [2.75, 3.05) is 25.5 Å². The quantitative estimate of drug-likeness (QED) is 0.562. The fourth-order valence-corrected chi connectivity index (χ4v) is 1.82. The summed E-state index contributed by atoms with van der Waals surface area (Å²) < 4.78 is 0. The van der Waals surface area contributed by atoms with Crippen LogP contribution in [0.3, 0.4) is 0 Å². The molecule has 1 rings (SSSR count). The number of rotatable bonds is 4. The molecule has 1 heterocycles. The lowest BCUT2D eigenvalue weighted by atomic mass is 10.2. The molecule has 1 aliphatic heterocycles. The number of hydrogen-bond donors (Lipinski definition) is 1. The van der Waals surface area contributed by atoms with Crippen LogP contribution in [0.2, 0.25) is 0 Å². The van der Waals surface area contributed by atoms with Gasteiger partial charge in [0.1, 0.15) is 0 Å². The molecule has 0 aromatic rings. The van der Waals surface area contributed by atoms with Crippen LogP contribution in [-0.4, -0.2) is 42.4 Å². The van der Waals surface area contributed by atoms with E-state index in [-0.39, 0.29) is 5.91 Å². The van der Waals surface area contributed by atoms with Gasteiger partial charge in [-0.05, 0) is 12.0 Å². The molecular formula is C10H17ClN2O. The minimum absolute atomic E-state index is 0.0491. The first-order valence-corrected chi connectivity index (χ1v) is 5.37. The lowest BCUT2D eigenvalue weighted by Gasteiger charge is -2.16. The number of halogens is 1. The monoisotopic (exact) mass is 216 g/mol. The van der Waals surface area contributed by atoms with Crippen molar-refractivity contribution in [2.24, 2.45) is 0 Å². The van der Waals surface area contributed by atoms with Crippen molar-refractivity contribution in [3.63, 3.8) is 0 Å². The Balaban J connectivity index is 2.27. The lowest BCUT2D eigenvalue weighted by Crippen LogP contribution is -2.35. The number of amides is 1. The van der Waals surface area contributed by atoms with Crippen molar-refractivity contribution in [2.45, 2.75) is 19.4 Å². The maximum Gasteiger partial charge on any atom is 0.217 e. The van der Waals surface area contributed by atoms with Gasteiger partial charge >= 0.3 is 0 Å². The molecule has 0 spiro atoms. The largest absolute Gasteiger partial charge is 0.352 e. The van der Waals surface area contributed by atoms with Gasteiger partial charge in [-0.3, -0.25) is 9.69 Å². The number of alkyl halides is 1. The van der Waals surface area contributed by atoms with Gasteiger partial charge in [-0.15, -0.1) is 11.6 Å². The summed E-state index contributed by atoms with van der Waals surface area (Å²) in [6, 6.07) is 0.302. The van der Waals surface area contributed by atoms with E-state index in [1.54, 1.807) is 6.92 Å². The number of nitrogens with zero attached hydrogens (tertiary/aromatic N) is 1. The van der Waals surface area contributed by atoms with Gasteiger partial charge in [0.2, 0.25) is 5.91 Å². The van der Waals surface area contributed by atoms with Crippen LogP contribution in [0.5, 0.6) is 0 Å². The third kappa shape index (κ3) is 3.68. The molecule has 0 bridgehead atoms. The normalized spacial score (nSPS) is 22.3. The molecule has 1 atom stereocenters. The molecule has 4 heteroatoms. The van der Waals surface area contributed by atoms with Crippen LogP contribution in [-0.2, 0) is 4.79 Å². The third-order valence-electron chi connectivity index (χ3n) is 2.32. The summed E-state index contributed by atoms with van der Waals surface area (Å²) in [6.07, 6.45) is 1.02. The number of carbonyl (C=O) groups excluding carboxylic acids is 1. The molecule has 0 aromatic carbocycles. The summed E-state index contributed by atoms with van der Waals surface area (Å²) in [6.45, 7) is 8.19. The first-order chi connectivity index (χ1) is 6.61. The zero-order valence-electron chi connectivity index (χ0n) is 8.55. The molecule has 14 heavy (non-hydrogen) atoms. The fourth-order valence-electron chi connectivity index (χ4n) is 1.74. The Morgan fingerprint density at radius 2 is 2.43 bits per heavy atom. The maximum absolute atomic E-state index is 10.8. The summed E-state index contributed by atoms with van der Waals surface area (Å²) in [4.78, 5) is 13.1. The molecule has 3 nitrogen and oxygen atoms in total. The van der Waals surface area contributed by atoms with E-state index in [2.05, 4.69) is 16.8 Å². The average Bonchev–Trinajstić information content (AvgIpc) is 2.51. The van der Waals surface area contributed by atoms with Gasteiger partial charge in [-0.2, -0.15) is 0 Å². The zero-order chi connectivity index (χ0) is 10.6. The van der Waals surface area contributed by atoms with Crippen LogP contribution in [0.1, 0.15) is 13.3 Å². The molecule has 80 valence electrons. The summed E-state index contributed by atoms with van der Waals surface area (Å²) >= 11 is 5.66. The van der Waals surface area contributed by atoms with Crippen LogP contribution in [0, 0.1) is 0 Å². The number of nitrogens with one attached hydrogen (secondary N) is 1. The third-order valence-corrected chi connectivity index (χ3v) is 2.69. The van der Waals surface area contributed by atoms with E-state index in [4.69, 9.17) is 11.6 Å². The molecule has 0 aliphatic carbocycles. The Labute approximate surface area is 90.1 Å². The van der Waals surface area contributed by atoms with Crippen LogP contribution in [0.15, 0.2) is 12.2 Å². The molecule has 1 fully saturated rings. The first kappa shape index (κ1) is 11.5. The van der Waals surface area contributed by atoms with E-state index >= 15 is 0 Å². The van der Waals surface area contributed by atoms with Crippen molar-refractivity contribution >= 4 is 17.5 Å². The molecule has 1 amide bonds. The SMILES string of the molecule is C=C(CCl)CN1CCC(NC(C)=O)C1. The summed E-state index contributed by atoms with van der Waals surface area (Å²) in [5.41, 5.74) is 1.04. The highest BCUT2D eigenvalue weighted by Crippen LogP contribution is 2.11. The average molecular weight is 217 g/mol. The summed E-state index contributed by atoms with van der Waals surface area (Å²) in [7, 11) is 0. The smallest absolute Gasteiger partial charge is 0.217 e. The molecule has 0 aromatic heterocycles. The predicted molar refractivity (Wildman–Crippen MR) is 58.5 cm³/mol. The Morgan fingerprint density at radius 3 is 3.00 bits per heavy atom. The van der Waals surface area contributed by atoms with E-state index < -0.39 is 0 Å². The van der Waals surface area contributed by atoms with Gasteiger partial charge < -0.3 is 5.32 Å². The standard InChI is InChI=1S/C10H17ClN2O/c1-8(5-11)6-13-4-3-10(7-13)12-9(2)14/h10H,1,3-7H2,2H3,(H,12,14). The number of carbonyl (C=O) groups is 1. The minimum atomic E-state index is 0.0491. The Bertz CT molecular complexity index is 230. The van der Waals surface area contributed by atoms with Crippen LogP contribution >= 0.6 is 11.6 Å². The lowest BCUT2D eigenvalue weighted by molar-refractivity contribution is -0.119. The summed E-state index contributed by atoms with van der Waals surface area (Å²) in [5.74, 6) is 0.564. The molecule has 0 saturated carbocycles. The Hall–Kier alpha value is -0.540. The van der Waals surface area contributed by atoms with Crippen molar-refractivity contribution in [1.29, 1.82) is 0 Å². The number of likely N-dealkylation sites (tertiary alicyclic amines) is 1. The van der Waals surface area contributed by atoms with Crippen LogP contribution < -0.4 is 5.32 Å². The van der Waals surface area contributed by atoms with Crippen molar-refractivity contribution in [3.8, 4) is 0 Å². The maximum atomic E-state index is 10.8. The predicted octanol–water partition coefficient (Wildman–Crippen LogP) is 0.992. The molecule has 0 radical (unpaired) electrons. The number of hydrogen-bond acceptors (Lipinski definition) is 2. The van der Waals surface area contributed by atoms with Crippen molar-refractivity contribution in [3.05, 3.63) is 12.2 Å². The highest BCUT2D eigenvalue weighted by molar-refractivity contribution is 6.19. The molecule has 1 aliphatic rings. The zero-order valence-corrected chi connectivity index (χ0v) is 9.31. The van der Waals surface area contributed by atoms with E-state index in [0.717, 1.165) is 31.6 Å². The van der Waals surface area contributed by atoms with Crippen molar-refractivity contribution in [1.82, 2.24) is 10.2 Å². The van der Waals surface area contributed by atoms with E-state index in [1.165, 1.54) is 0 Å². The van der Waals surface area contributed by atoms with Crippen LogP contribution in [0.25, 0.3) is 0 Å². The second kappa shape index (κ2) is 5.37. The molecule has 1 saturated heterocycles.